The maximum Gasteiger partial charge on any atom is 0.344 e. The number of amides is 2. The molecule has 0 fully saturated rings. The molecule has 0 aromatic carbocycles. The molecule has 0 saturated carbocycles. The van der Waals surface area contributed by atoms with Gasteiger partial charge in [-0.15, -0.1) is 4.91 Å². The fourth-order valence-electron chi connectivity index (χ4n) is 0.218. The van der Waals surface area contributed by atoms with Crippen LogP contribution in [0.25, 0.3) is 0 Å². The first-order chi connectivity index (χ1) is 4.22. The highest BCUT2D eigenvalue weighted by Crippen LogP contribution is 1.81. The van der Waals surface area contributed by atoms with Crippen LogP contribution >= 0.6 is 0 Å². The van der Waals surface area contributed by atoms with E-state index in [4.69, 9.17) is 0 Å². The van der Waals surface area contributed by atoms with Gasteiger partial charge >= 0.3 is 6.03 Å². The van der Waals surface area contributed by atoms with Gasteiger partial charge in [0.1, 0.15) is 0 Å². The van der Waals surface area contributed by atoms with Gasteiger partial charge in [0.25, 0.3) is 0 Å². The standard InChI is InChI=1S/C4H7N3O2/c1-3-5-4(8)7(2)6-9/h3H,1H2,2H3,(H,5,8). The van der Waals surface area contributed by atoms with Crippen molar-refractivity contribution in [2.75, 3.05) is 7.05 Å². The largest absolute Gasteiger partial charge is 0.344 e. The summed E-state index contributed by atoms with van der Waals surface area (Å²) in [5.41, 5.74) is 0. The first kappa shape index (κ1) is 7.61. The van der Waals surface area contributed by atoms with Crippen LogP contribution < -0.4 is 5.32 Å². The molecule has 0 heterocycles. The minimum atomic E-state index is -0.597. The number of hydrogen-bond donors (Lipinski definition) is 1. The maximum atomic E-state index is 10.4. The Kier molecular flexibility index (Phi) is 3.04. The number of rotatable bonds is 2. The summed E-state index contributed by atoms with van der Waals surface area (Å²) >= 11 is 0. The normalized spacial score (nSPS) is 7.67. The highest BCUT2D eigenvalue weighted by atomic mass is 16.3. The minimum absolute atomic E-state index is 0.597. The third-order valence-electron chi connectivity index (χ3n) is 0.642. The van der Waals surface area contributed by atoms with Gasteiger partial charge < -0.3 is 5.32 Å². The molecule has 0 unspecified atom stereocenters. The van der Waals surface area contributed by atoms with Crippen molar-refractivity contribution in [1.29, 1.82) is 0 Å². The molecule has 0 atom stereocenters. The Morgan fingerprint density at radius 3 is 2.78 bits per heavy atom. The fraction of sp³-hybridized carbons (Fsp3) is 0.250. The van der Waals surface area contributed by atoms with Gasteiger partial charge in [-0.1, -0.05) is 6.58 Å². The van der Waals surface area contributed by atoms with Gasteiger partial charge in [-0.25, -0.2) is 4.79 Å². The molecular formula is C4H7N3O2. The Labute approximate surface area is 52.3 Å². The third-order valence-corrected chi connectivity index (χ3v) is 0.642. The highest BCUT2D eigenvalue weighted by molar-refractivity contribution is 5.74. The van der Waals surface area contributed by atoms with E-state index in [0.29, 0.717) is 5.01 Å². The molecule has 50 valence electrons. The van der Waals surface area contributed by atoms with Crippen molar-refractivity contribution in [2.45, 2.75) is 0 Å². The molecule has 0 rings (SSSR count). The maximum absolute atomic E-state index is 10.4. The molecule has 0 saturated heterocycles. The lowest BCUT2D eigenvalue weighted by Crippen LogP contribution is -2.29. The zero-order chi connectivity index (χ0) is 7.28. The fourth-order valence-corrected chi connectivity index (χ4v) is 0.218. The van der Waals surface area contributed by atoms with Crippen molar-refractivity contribution in [3.05, 3.63) is 17.7 Å². The van der Waals surface area contributed by atoms with E-state index in [9.17, 15) is 9.70 Å². The van der Waals surface area contributed by atoms with Crippen molar-refractivity contribution in [1.82, 2.24) is 10.3 Å². The second kappa shape index (κ2) is 3.59. The predicted octanol–water partition coefficient (Wildman–Crippen LogP) is 0.453. The summed E-state index contributed by atoms with van der Waals surface area (Å²) in [7, 11) is 1.24. The third kappa shape index (κ3) is 2.43. The molecule has 0 bridgehead atoms. The molecular weight excluding hydrogens is 122 g/mol. The Morgan fingerprint density at radius 1 is 1.89 bits per heavy atom. The van der Waals surface area contributed by atoms with Crippen molar-refractivity contribution < 1.29 is 4.79 Å². The van der Waals surface area contributed by atoms with Crippen molar-refractivity contribution in [3.63, 3.8) is 0 Å². The van der Waals surface area contributed by atoms with E-state index in [1.165, 1.54) is 13.2 Å². The van der Waals surface area contributed by atoms with Crippen LogP contribution in [0.3, 0.4) is 0 Å². The highest BCUT2D eigenvalue weighted by Gasteiger charge is 2.02. The second-order valence-electron chi connectivity index (χ2n) is 1.26. The Bertz CT molecular complexity index is 134. The van der Waals surface area contributed by atoms with Crippen LogP contribution in [0, 0.1) is 4.91 Å². The van der Waals surface area contributed by atoms with Gasteiger partial charge in [0.05, 0.1) is 5.29 Å². The molecule has 0 radical (unpaired) electrons. The number of urea groups is 1. The topological polar surface area (TPSA) is 61.8 Å². The summed E-state index contributed by atoms with van der Waals surface area (Å²) in [6.07, 6.45) is 1.17. The Balaban J connectivity index is 3.71. The minimum Gasteiger partial charge on any atom is -0.314 e. The van der Waals surface area contributed by atoms with Crippen molar-refractivity contribution >= 4 is 6.03 Å². The lowest BCUT2D eigenvalue weighted by atomic mass is 10.8. The predicted molar refractivity (Wildman–Crippen MR) is 32.3 cm³/mol. The molecule has 9 heavy (non-hydrogen) atoms. The van der Waals surface area contributed by atoms with E-state index < -0.39 is 6.03 Å². The molecule has 0 aromatic rings. The lowest BCUT2D eigenvalue weighted by Gasteiger charge is -2.03. The lowest BCUT2D eigenvalue weighted by molar-refractivity contribution is 0.214. The van der Waals surface area contributed by atoms with Gasteiger partial charge in [0.15, 0.2) is 0 Å². The van der Waals surface area contributed by atoms with Crippen LogP contribution in [0.5, 0.6) is 0 Å². The van der Waals surface area contributed by atoms with E-state index in [0.717, 1.165) is 0 Å². The van der Waals surface area contributed by atoms with Crippen LogP contribution in [0.15, 0.2) is 18.1 Å². The van der Waals surface area contributed by atoms with Crippen molar-refractivity contribution in [3.8, 4) is 0 Å². The second-order valence-corrected chi connectivity index (χ2v) is 1.26. The van der Waals surface area contributed by atoms with Crippen LogP contribution in [0.2, 0.25) is 0 Å². The van der Waals surface area contributed by atoms with Gasteiger partial charge in [-0.05, 0) is 6.20 Å². The van der Waals surface area contributed by atoms with Crippen LogP contribution in [0.1, 0.15) is 0 Å². The van der Waals surface area contributed by atoms with E-state index in [1.54, 1.807) is 0 Å². The Hall–Kier alpha value is -1.39. The summed E-state index contributed by atoms with van der Waals surface area (Å²) < 4.78 is 0. The first-order valence-corrected chi connectivity index (χ1v) is 2.20. The van der Waals surface area contributed by atoms with Gasteiger partial charge in [0.2, 0.25) is 0 Å². The van der Waals surface area contributed by atoms with E-state index >= 15 is 0 Å². The van der Waals surface area contributed by atoms with Crippen LogP contribution in [-0.4, -0.2) is 18.1 Å². The molecule has 0 aromatic heterocycles. The summed E-state index contributed by atoms with van der Waals surface area (Å²) in [6, 6.07) is -0.597. The van der Waals surface area contributed by atoms with Crippen LogP contribution in [-0.2, 0) is 0 Å². The number of carbonyl (C=O) groups excluding carboxylic acids is 1. The molecule has 5 nitrogen and oxygen atoms in total. The summed E-state index contributed by atoms with van der Waals surface area (Å²) in [5, 5.41) is 5.11. The first-order valence-electron chi connectivity index (χ1n) is 2.20. The molecule has 0 aliphatic carbocycles. The summed E-state index contributed by atoms with van der Waals surface area (Å²) in [4.78, 5) is 20.0. The monoisotopic (exact) mass is 129 g/mol. The van der Waals surface area contributed by atoms with Crippen molar-refractivity contribution in [2.24, 2.45) is 5.29 Å². The zero-order valence-corrected chi connectivity index (χ0v) is 5.00. The average molecular weight is 129 g/mol. The van der Waals surface area contributed by atoms with Gasteiger partial charge in [-0.2, -0.15) is 5.01 Å². The van der Waals surface area contributed by atoms with E-state index in [1.807, 2.05) is 0 Å². The van der Waals surface area contributed by atoms with Crippen LogP contribution in [0.4, 0.5) is 4.79 Å². The molecule has 0 spiro atoms. The summed E-state index contributed by atoms with van der Waals surface area (Å²) in [5.74, 6) is 0. The van der Waals surface area contributed by atoms with Gasteiger partial charge in [0, 0.05) is 7.05 Å². The molecule has 1 N–H and O–H groups in total. The van der Waals surface area contributed by atoms with Gasteiger partial charge in [-0.3, -0.25) is 0 Å². The SMILES string of the molecule is C=CNC(=O)N(C)N=O. The molecule has 5 heteroatoms. The molecule has 0 aliphatic rings. The average Bonchev–Trinajstić information content (AvgIpc) is 1.87. The summed E-state index contributed by atoms with van der Waals surface area (Å²) in [6.45, 7) is 3.22. The van der Waals surface area contributed by atoms with E-state index in [-0.39, 0.29) is 0 Å². The quantitative estimate of drug-likeness (QED) is 0.434. The number of hydrogen-bond acceptors (Lipinski definition) is 3. The number of nitrogens with one attached hydrogen (secondary N) is 1. The van der Waals surface area contributed by atoms with E-state index in [2.05, 4.69) is 17.2 Å². The smallest absolute Gasteiger partial charge is 0.314 e. The number of nitrogens with zero attached hydrogens (tertiary/aromatic N) is 2. The Morgan fingerprint density at radius 2 is 2.44 bits per heavy atom. The molecule has 2 amide bonds. The number of carbonyl (C=O) groups is 1. The zero-order valence-electron chi connectivity index (χ0n) is 5.00. The number of nitroso groups, excluding NO2 is 1. The molecule has 0 aliphatic heterocycles.